The molecular formula is C38H63N15O16. The molecule has 0 radical (unpaired) electrons. The molecule has 0 aliphatic carbocycles. The summed E-state index contributed by atoms with van der Waals surface area (Å²) in [7, 11) is 0. The molecule has 14 amide bonds. The van der Waals surface area contributed by atoms with Gasteiger partial charge in [-0.15, -0.1) is 0 Å². The standard InChI is InChI=1S/C38H63N15O16/c1-16(39)31(61)48-19(4)34(64)51-20(5)35(65)49-17(2)32(62)46-14-29(59)44-12-27(57)42-10-25(55)40-9-24(54)41-11-26(56)43-13-28(58)45-15-30(60)47-18(3)33(63)50-21(6)36(66)52-22(7)37(67)53-23(8)38(68)69/h16-23H,9-15,39H2,1-8H3,(H,40,55)(H,41,54)(H,42,57)(H,43,56)(H,44,59)(H,45,58)(H,46,62)(H,47,60)(H,48,61)(H,49,65)(H,50,63)(H,51,64)(H,52,66)(H,53,67)(H,68,69)/t16-,17-,18-,19-,20-,21-,22-,23-/m0/s1. The summed E-state index contributed by atoms with van der Waals surface area (Å²) in [5.41, 5.74) is 5.44. The highest BCUT2D eigenvalue weighted by molar-refractivity contribution is 5.97. The zero-order valence-corrected chi connectivity index (χ0v) is 39.2. The first-order valence-electron chi connectivity index (χ1n) is 21.0. The maximum absolute atomic E-state index is 12.5. The Morgan fingerprint density at radius 3 is 0.754 bits per heavy atom. The fraction of sp³-hybridized carbons (Fsp3) is 0.605. The van der Waals surface area contributed by atoms with Gasteiger partial charge in [0.1, 0.15) is 42.3 Å². The van der Waals surface area contributed by atoms with Crippen LogP contribution in [0.5, 0.6) is 0 Å². The molecule has 17 N–H and O–H groups in total. The lowest BCUT2D eigenvalue weighted by Crippen LogP contribution is -2.56. The highest BCUT2D eigenvalue weighted by Crippen LogP contribution is 1.94. The van der Waals surface area contributed by atoms with Crippen molar-refractivity contribution in [2.75, 3.05) is 45.8 Å². The average molecular weight is 986 g/mol. The molecule has 0 aliphatic rings. The summed E-state index contributed by atoms with van der Waals surface area (Å²) in [4.78, 5) is 181. The first-order chi connectivity index (χ1) is 32.0. The van der Waals surface area contributed by atoms with Crippen LogP contribution < -0.4 is 80.2 Å². The van der Waals surface area contributed by atoms with Crippen LogP contribution in [0.4, 0.5) is 0 Å². The Bertz CT molecular complexity index is 1950. The van der Waals surface area contributed by atoms with Crippen LogP contribution in [0, 0.1) is 0 Å². The first-order valence-corrected chi connectivity index (χ1v) is 21.0. The SMILES string of the molecule is C[C@H](N)C(=O)N[C@@H](C)C(=O)N[C@@H](C)C(=O)N[C@@H](C)C(=O)NCC(=O)NCC(=O)NCC(=O)NCC(=O)NCC(=O)NCC(=O)NCC(=O)N[C@@H](C)C(=O)N[C@@H](C)C(=O)N[C@@H](C)C(=O)N[C@@H](C)C(=O)O. The number of hydrogen-bond donors (Lipinski definition) is 16. The highest BCUT2D eigenvalue weighted by atomic mass is 16.4. The van der Waals surface area contributed by atoms with Gasteiger partial charge in [0.2, 0.25) is 82.7 Å². The van der Waals surface area contributed by atoms with E-state index in [1.54, 1.807) is 0 Å². The van der Waals surface area contributed by atoms with Gasteiger partial charge in [-0.25, -0.2) is 0 Å². The number of nitrogens with two attached hydrogens (primary N) is 1. The molecule has 0 bridgehead atoms. The van der Waals surface area contributed by atoms with Gasteiger partial charge in [0, 0.05) is 0 Å². The Kier molecular flexibility index (Phi) is 27.5. The van der Waals surface area contributed by atoms with Gasteiger partial charge in [0.15, 0.2) is 0 Å². The van der Waals surface area contributed by atoms with Crippen LogP contribution >= 0.6 is 0 Å². The lowest BCUT2D eigenvalue weighted by molar-refractivity contribution is -0.141. The molecule has 0 aromatic carbocycles. The van der Waals surface area contributed by atoms with E-state index in [-0.39, 0.29) is 0 Å². The molecule has 31 nitrogen and oxygen atoms in total. The minimum atomic E-state index is -1.29. The van der Waals surface area contributed by atoms with Gasteiger partial charge in [0.25, 0.3) is 0 Å². The van der Waals surface area contributed by atoms with E-state index in [1.807, 2.05) is 0 Å². The van der Waals surface area contributed by atoms with Crippen LogP contribution in [0.2, 0.25) is 0 Å². The number of rotatable bonds is 29. The van der Waals surface area contributed by atoms with Crippen molar-refractivity contribution in [3.63, 3.8) is 0 Å². The van der Waals surface area contributed by atoms with Crippen LogP contribution in [0.15, 0.2) is 0 Å². The number of amides is 14. The molecule has 0 heterocycles. The molecular weight excluding hydrogens is 923 g/mol. The smallest absolute Gasteiger partial charge is 0.325 e. The van der Waals surface area contributed by atoms with E-state index in [0.717, 1.165) is 0 Å². The van der Waals surface area contributed by atoms with Crippen molar-refractivity contribution in [2.45, 2.75) is 104 Å². The third-order valence-corrected chi connectivity index (χ3v) is 8.77. The minimum absolute atomic E-state index is 0.579. The summed E-state index contributed by atoms with van der Waals surface area (Å²) in [5, 5.41) is 40.4. The van der Waals surface area contributed by atoms with E-state index in [1.165, 1.54) is 55.4 Å². The number of carboxylic acids is 1. The third kappa shape index (κ3) is 26.7. The molecule has 0 aromatic heterocycles. The van der Waals surface area contributed by atoms with Gasteiger partial charge < -0.3 is 85.3 Å². The molecule has 0 saturated heterocycles. The molecule has 69 heavy (non-hydrogen) atoms. The Morgan fingerprint density at radius 2 is 0.493 bits per heavy atom. The topological polar surface area (TPSA) is 471 Å². The fourth-order valence-electron chi connectivity index (χ4n) is 4.55. The van der Waals surface area contributed by atoms with E-state index < -0.39 is 183 Å². The van der Waals surface area contributed by atoms with Crippen molar-refractivity contribution in [3.8, 4) is 0 Å². The number of nitrogens with one attached hydrogen (secondary N) is 14. The second kappa shape index (κ2) is 31.1. The summed E-state index contributed by atoms with van der Waals surface area (Å²) < 4.78 is 0. The number of carboxylic acid groups (broad SMARTS) is 1. The van der Waals surface area contributed by atoms with E-state index in [9.17, 15) is 71.9 Å². The predicted molar refractivity (Wildman–Crippen MR) is 236 cm³/mol. The summed E-state index contributed by atoms with van der Waals surface area (Å²) in [6.45, 7) is 6.25. The molecule has 0 rings (SSSR count). The second-order valence-electron chi connectivity index (χ2n) is 15.2. The van der Waals surface area contributed by atoms with Crippen LogP contribution in [0.1, 0.15) is 55.4 Å². The van der Waals surface area contributed by atoms with Crippen molar-refractivity contribution in [2.24, 2.45) is 5.73 Å². The largest absolute Gasteiger partial charge is 0.480 e. The Balaban J connectivity index is 4.34. The summed E-state index contributed by atoms with van der Waals surface area (Å²) in [5.74, 6) is -12.2. The summed E-state index contributed by atoms with van der Waals surface area (Å²) >= 11 is 0. The molecule has 386 valence electrons. The van der Waals surface area contributed by atoms with Crippen LogP contribution in [-0.4, -0.2) is 188 Å². The molecule has 0 spiro atoms. The molecule has 0 saturated carbocycles. The van der Waals surface area contributed by atoms with Gasteiger partial charge in [-0.1, -0.05) is 0 Å². The van der Waals surface area contributed by atoms with E-state index in [2.05, 4.69) is 74.4 Å². The number of carbonyl (C=O) groups is 15. The summed E-state index contributed by atoms with van der Waals surface area (Å²) in [6, 6.07) is -8.83. The second-order valence-corrected chi connectivity index (χ2v) is 15.2. The Hall–Kier alpha value is -7.99. The molecule has 0 aromatic rings. The predicted octanol–water partition coefficient (Wildman–Crippen LogP) is -10.2. The number of carbonyl (C=O) groups excluding carboxylic acids is 14. The van der Waals surface area contributed by atoms with Crippen molar-refractivity contribution in [3.05, 3.63) is 0 Å². The molecule has 8 atom stereocenters. The summed E-state index contributed by atoms with van der Waals surface area (Å²) in [6.07, 6.45) is 0. The van der Waals surface area contributed by atoms with Crippen LogP contribution in [0.25, 0.3) is 0 Å². The maximum atomic E-state index is 12.5. The van der Waals surface area contributed by atoms with Crippen LogP contribution in [0.3, 0.4) is 0 Å². The first kappa shape index (κ1) is 61.0. The van der Waals surface area contributed by atoms with Crippen molar-refractivity contribution >= 4 is 88.7 Å². The third-order valence-electron chi connectivity index (χ3n) is 8.77. The quantitative estimate of drug-likeness (QED) is 0.0331. The van der Waals surface area contributed by atoms with Crippen molar-refractivity contribution in [1.29, 1.82) is 0 Å². The van der Waals surface area contributed by atoms with Crippen molar-refractivity contribution < 1.29 is 77.0 Å². The van der Waals surface area contributed by atoms with Gasteiger partial charge in [-0.3, -0.25) is 71.9 Å². The lowest BCUT2D eigenvalue weighted by atomic mass is 10.2. The van der Waals surface area contributed by atoms with E-state index in [0.29, 0.717) is 0 Å². The Morgan fingerprint density at radius 1 is 0.290 bits per heavy atom. The van der Waals surface area contributed by atoms with Crippen molar-refractivity contribution in [1.82, 2.24) is 74.4 Å². The fourth-order valence-corrected chi connectivity index (χ4v) is 4.55. The minimum Gasteiger partial charge on any atom is -0.480 e. The number of hydrogen-bond acceptors (Lipinski definition) is 16. The Labute approximate surface area is 394 Å². The lowest BCUT2D eigenvalue weighted by Gasteiger charge is -2.21. The molecule has 31 heteroatoms. The van der Waals surface area contributed by atoms with Crippen LogP contribution in [-0.2, 0) is 71.9 Å². The van der Waals surface area contributed by atoms with Gasteiger partial charge >= 0.3 is 5.97 Å². The zero-order valence-electron chi connectivity index (χ0n) is 39.2. The average Bonchev–Trinajstić information content (AvgIpc) is 3.28. The van der Waals surface area contributed by atoms with E-state index >= 15 is 0 Å². The molecule has 0 aliphatic heterocycles. The highest BCUT2D eigenvalue weighted by Gasteiger charge is 2.27. The van der Waals surface area contributed by atoms with E-state index in [4.69, 9.17) is 10.8 Å². The van der Waals surface area contributed by atoms with Gasteiger partial charge in [-0.05, 0) is 55.4 Å². The van der Waals surface area contributed by atoms with Gasteiger partial charge in [0.05, 0.1) is 51.9 Å². The normalized spacial score (nSPS) is 13.9. The number of aliphatic carboxylic acids is 1. The zero-order chi connectivity index (χ0) is 53.1. The maximum Gasteiger partial charge on any atom is 0.325 e. The molecule has 0 unspecified atom stereocenters. The van der Waals surface area contributed by atoms with Gasteiger partial charge in [-0.2, -0.15) is 0 Å². The molecule has 0 fully saturated rings. The monoisotopic (exact) mass is 985 g/mol.